The molecule has 3 rings (SSSR count). The van der Waals surface area contributed by atoms with E-state index in [0.717, 1.165) is 11.1 Å². The van der Waals surface area contributed by atoms with Crippen molar-refractivity contribution in [1.29, 1.82) is 0 Å². The second-order valence-electron chi connectivity index (χ2n) is 6.27. The Balaban J connectivity index is 2.17. The minimum absolute atomic E-state index is 0.0118. The van der Waals surface area contributed by atoms with E-state index in [1.807, 2.05) is 18.2 Å². The molecule has 1 aliphatic carbocycles. The lowest BCUT2D eigenvalue weighted by Crippen LogP contribution is -2.23. The van der Waals surface area contributed by atoms with Gasteiger partial charge < -0.3 is 0 Å². The van der Waals surface area contributed by atoms with Gasteiger partial charge in [-0.2, -0.15) is 0 Å². The van der Waals surface area contributed by atoms with Crippen molar-refractivity contribution in [2.24, 2.45) is 5.92 Å². The van der Waals surface area contributed by atoms with Gasteiger partial charge in [0.1, 0.15) is 11.6 Å². The third-order valence-electron chi connectivity index (χ3n) is 4.91. The van der Waals surface area contributed by atoms with Crippen molar-refractivity contribution >= 4 is 0 Å². The van der Waals surface area contributed by atoms with Crippen molar-refractivity contribution in [3.63, 3.8) is 0 Å². The smallest absolute Gasteiger partial charge is 0.123 e. The van der Waals surface area contributed by atoms with Crippen molar-refractivity contribution in [3.8, 4) is 0 Å². The van der Waals surface area contributed by atoms with Gasteiger partial charge in [-0.1, -0.05) is 39.0 Å². The molecule has 2 unspecified atom stereocenters. The number of fused-ring (bicyclic) bond motifs is 1. The molecule has 0 radical (unpaired) electrons. The molecule has 0 saturated heterocycles. The molecule has 2 aromatic carbocycles. The molecule has 2 heteroatoms. The zero-order valence-corrected chi connectivity index (χ0v) is 12.0. The Labute approximate surface area is 118 Å². The van der Waals surface area contributed by atoms with Gasteiger partial charge in [-0.15, -0.1) is 0 Å². The van der Waals surface area contributed by atoms with Crippen molar-refractivity contribution in [1.82, 2.24) is 0 Å². The molecule has 0 spiro atoms. The summed E-state index contributed by atoms with van der Waals surface area (Å²) in [6.45, 7) is 6.57. The summed E-state index contributed by atoms with van der Waals surface area (Å²) in [5.74, 6) is 0.0138. The van der Waals surface area contributed by atoms with Crippen LogP contribution in [0.3, 0.4) is 0 Å². The van der Waals surface area contributed by atoms with Gasteiger partial charge >= 0.3 is 0 Å². The van der Waals surface area contributed by atoms with Gasteiger partial charge in [0.05, 0.1) is 0 Å². The van der Waals surface area contributed by atoms with Gasteiger partial charge in [0, 0.05) is 5.92 Å². The molecule has 0 N–H and O–H groups in total. The third kappa shape index (κ3) is 1.86. The van der Waals surface area contributed by atoms with E-state index < -0.39 is 0 Å². The standard InChI is InChI=1S/C18H18F2/c1-11-17(12-4-6-13(19)7-5-12)15-10-14(20)8-9-16(15)18(11,2)3/h4-11,17H,1-3H3. The molecule has 0 heterocycles. The lowest BCUT2D eigenvalue weighted by Gasteiger charge is -2.28. The van der Waals surface area contributed by atoms with Crippen molar-refractivity contribution in [3.05, 3.63) is 70.8 Å². The second-order valence-corrected chi connectivity index (χ2v) is 6.27. The van der Waals surface area contributed by atoms with Gasteiger partial charge in [0.15, 0.2) is 0 Å². The summed E-state index contributed by atoms with van der Waals surface area (Å²) >= 11 is 0. The third-order valence-corrected chi connectivity index (χ3v) is 4.91. The Hall–Kier alpha value is -1.70. The van der Waals surface area contributed by atoms with Crippen molar-refractivity contribution < 1.29 is 8.78 Å². The van der Waals surface area contributed by atoms with E-state index in [-0.39, 0.29) is 23.0 Å². The van der Waals surface area contributed by atoms with E-state index in [9.17, 15) is 8.78 Å². The first-order chi connectivity index (χ1) is 9.41. The summed E-state index contributed by atoms with van der Waals surface area (Å²) < 4.78 is 26.8. The molecule has 20 heavy (non-hydrogen) atoms. The van der Waals surface area contributed by atoms with Crippen LogP contribution in [0, 0.1) is 17.6 Å². The number of hydrogen-bond acceptors (Lipinski definition) is 0. The summed E-state index contributed by atoms with van der Waals surface area (Å²) in [6.07, 6.45) is 0. The van der Waals surface area contributed by atoms with E-state index in [0.29, 0.717) is 5.92 Å². The lowest BCUT2D eigenvalue weighted by atomic mass is 9.75. The molecule has 0 aromatic heterocycles. The highest BCUT2D eigenvalue weighted by Crippen LogP contribution is 2.52. The summed E-state index contributed by atoms with van der Waals surface area (Å²) in [6, 6.07) is 11.6. The van der Waals surface area contributed by atoms with Crippen LogP contribution in [0.15, 0.2) is 42.5 Å². The predicted molar refractivity (Wildman–Crippen MR) is 76.8 cm³/mol. The van der Waals surface area contributed by atoms with Crippen molar-refractivity contribution in [2.45, 2.75) is 32.1 Å². The monoisotopic (exact) mass is 272 g/mol. The van der Waals surface area contributed by atoms with Crippen LogP contribution in [0.5, 0.6) is 0 Å². The van der Waals surface area contributed by atoms with Gasteiger partial charge in [-0.05, 0) is 52.3 Å². The molecule has 0 bridgehead atoms. The van der Waals surface area contributed by atoms with E-state index in [1.54, 1.807) is 6.07 Å². The minimum Gasteiger partial charge on any atom is -0.207 e. The normalized spacial score (nSPS) is 23.6. The van der Waals surface area contributed by atoms with E-state index >= 15 is 0 Å². The molecule has 0 aliphatic heterocycles. The molecule has 0 nitrogen and oxygen atoms in total. The van der Waals surface area contributed by atoms with Crippen LogP contribution < -0.4 is 0 Å². The fraction of sp³-hybridized carbons (Fsp3) is 0.333. The number of hydrogen-bond donors (Lipinski definition) is 0. The fourth-order valence-electron chi connectivity index (χ4n) is 3.45. The van der Waals surface area contributed by atoms with Gasteiger partial charge in [-0.3, -0.25) is 0 Å². The van der Waals surface area contributed by atoms with Crippen LogP contribution in [-0.2, 0) is 5.41 Å². The van der Waals surface area contributed by atoms with Gasteiger partial charge in [-0.25, -0.2) is 8.78 Å². The molecular formula is C18H18F2. The maximum atomic E-state index is 13.6. The van der Waals surface area contributed by atoms with Crippen molar-refractivity contribution in [2.75, 3.05) is 0 Å². The average molecular weight is 272 g/mol. The highest BCUT2D eigenvalue weighted by Gasteiger charge is 2.44. The molecule has 2 atom stereocenters. The highest BCUT2D eigenvalue weighted by atomic mass is 19.1. The Morgan fingerprint density at radius 2 is 1.50 bits per heavy atom. The van der Waals surface area contributed by atoms with Crippen LogP contribution in [0.1, 0.15) is 43.4 Å². The molecule has 1 aliphatic rings. The van der Waals surface area contributed by atoms with Crippen LogP contribution in [0.25, 0.3) is 0 Å². The number of rotatable bonds is 1. The first-order valence-corrected chi connectivity index (χ1v) is 6.96. The fourth-order valence-corrected chi connectivity index (χ4v) is 3.45. The Bertz CT molecular complexity index is 641. The lowest BCUT2D eigenvalue weighted by molar-refractivity contribution is 0.352. The summed E-state index contributed by atoms with van der Waals surface area (Å²) in [7, 11) is 0. The van der Waals surface area contributed by atoms with Crippen LogP contribution in [-0.4, -0.2) is 0 Å². The topological polar surface area (TPSA) is 0 Å². The summed E-state index contributed by atoms with van der Waals surface area (Å²) in [4.78, 5) is 0. The van der Waals surface area contributed by atoms with Crippen LogP contribution >= 0.6 is 0 Å². The molecule has 0 saturated carbocycles. The largest absolute Gasteiger partial charge is 0.207 e. The highest BCUT2D eigenvalue weighted by molar-refractivity contribution is 5.48. The molecule has 0 fully saturated rings. The first kappa shape index (κ1) is 13.3. The predicted octanol–water partition coefficient (Wildman–Crippen LogP) is 5.02. The quantitative estimate of drug-likeness (QED) is 0.683. The van der Waals surface area contributed by atoms with Gasteiger partial charge in [0.2, 0.25) is 0 Å². The number of halogens is 2. The Morgan fingerprint density at radius 3 is 2.15 bits per heavy atom. The van der Waals surface area contributed by atoms with Crippen LogP contribution in [0.4, 0.5) is 8.78 Å². The maximum Gasteiger partial charge on any atom is 0.123 e. The zero-order chi connectivity index (χ0) is 14.5. The van der Waals surface area contributed by atoms with Gasteiger partial charge in [0.25, 0.3) is 0 Å². The average Bonchev–Trinajstić information content (AvgIpc) is 2.59. The maximum absolute atomic E-state index is 13.6. The van der Waals surface area contributed by atoms with E-state index in [1.165, 1.54) is 23.8 Å². The molecule has 104 valence electrons. The molecule has 2 aromatic rings. The molecule has 0 amide bonds. The zero-order valence-electron chi connectivity index (χ0n) is 12.0. The first-order valence-electron chi connectivity index (χ1n) is 6.96. The Morgan fingerprint density at radius 1 is 0.900 bits per heavy atom. The molecular weight excluding hydrogens is 254 g/mol. The van der Waals surface area contributed by atoms with E-state index in [4.69, 9.17) is 0 Å². The summed E-state index contributed by atoms with van der Waals surface area (Å²) in [5, 5.41) is 0. The van der Waals surface area contributed by atoms with Crippen LogP contribution in [0.2, 0.25) is 0 Å². The Kier molecular flexibility index (Phi) is 2.93. The second kappa shape index (κ2) is 4.41. The SMILES string of the molecule is CC1C(c2ccc(F)cc2)c2cc(F)ccc2C1(C)C. The minimum atomic E-state index is -0.238. The summed E-state index contributed by atoms with van der Waals surface area (Å²) in [5.41, 5.74) is 3.27. The van der Waals surface area contributed by atoms with E-state index in [2.05, 4.69) is 20.8 Å². The number of benzene rings is 2.